The van der Waals surface area contributed by atoms with Crippen LogP contribution in [0, 0.1) is 5.92 Å². The highest BCUT2D eigenvalue weighted by atomic mass is 16.5. The van der Waals surface area contributed by atoms with Gasteiger partial charge in [-0.05, 0) is 30.4 Å². The molecule has 3 N–H and O–H groups in total. The summed E-state index contributed by atoms with van der Waals surface area (Å²) < 4.78 is 5.37. The predicted molar refractivity (Wildman–Crippen MR) is 69.8 cm³/mol. The maximum atomic E-state index is 5.65. The van der Waals surface area contributed by atoms with Gasteiger partial charge in [0, 0.05) is 6.04 Å². The summed E-state index contributed by atoms with van der Waals surface area (Å²) in [6.45, 7) is 0. The fourth-order valence-corrected chi connectivity index (χ4v) is 2.48. The average Bonchev–Trinajstić information content (AvgIpc) is 2.32. The summed E-state index contributed by atoms with van der Waals surface area (Å²) in [5.41, 5.74) is 4.18. The maximum absolute atomic E-state index is 5.65. The quantitative estimate of drug-likeness (QED) is 0.586. The Bertz CT molecular complexity index is 350. The Balaban J connectivity index is 1.96. The van der Waals surface area contributed by atoms with E-state index in [2.05, 4.69) is 17.6 Å². The lowest BCUT2D eigenvalue weighted by Gasteiger charge is -2.29. The van der Waals surface area contributed by atoms with E-state index in [0.717, 1.165) is 18.1 Å². The number of hydrogen-bond acceptors (Lipinski definition) is 3. The lowest BCUT2D eigenvalue weighted by molar-refractivity contribution is 0.259. The van der Waals surface area contributed by atoms with Crippen molar-refractivity contribution in [1.82, 2.24) is 5.43 Å². The Hall–Kier alpha value is -1.06. The molecule has 17 heavy (non-hydrogen) atoms. The highest BCUT2D eigenvalue weighted by molar-refractivity contribution is 5.33. The first-order chi connectivity index (χ1) is 8.33. The molecule has 3 nitrogen and oxygen atoms in total. The van der Waals surface area contributed by atoms with Crippen molar-refractivity contribution < 1.29 is 4.74 Å². The zero-order valence-electron chi connectivity index (χ0n) is 10.5. The monoisotopic (exact) mass is 234 g/mol. The van der Waals surface area contributed by atoms with E-state index in [0.29, 0.717) is 6.04 Å². The van der Waals surface area contributed by atoms with Crippen LogP contribution in [0.15, 0.2) is 24.3 Å². The number of para-hydroxylation sites is 1. The van der Waals surface area contributed by atoms with Crippen LogP contribution in [0.1, 0.15) is 31.2 Å². The zero-order valence-corrected chi connectivity index (χ0v) is 10.5. The normalized spacial score (nSPS) is 17.5. The van der Waals surface area contributed by atoms with Crippen LogP contribution in [0.4, 0.5) is 0 Å². The second kappa shape index (κ2) is 6.03. The van der Waals surface area contributed by atoms with Crippen LogP contribution in [0.25, 0.3) is 0 Å². The Morgan fingerprint density at radius 2 is 2.18 bits per heavy atom. The molecule has 0 spiro atoms. The molecule has 1 aromatic carbocycles. The third kappa shape index (κ3) is 3.20. The van der Waals surface area contributed by atoms with Crippen molar-refractivity contribution in [2.75, 3.05) is 7.11 Å². The fraction of sp³-hybridized carbons (Fsp3) is 0.571. The van der Waals surface area contributed by atoms with Gasteiger partial charge in [-0.2, -0.15) is 0 Å². The van der Waals surface area contributed by atoms with Gasteiger partial charge < -0.3 is 4.74 Å². The van der Waals surface area contributed by atoms with Gasteiger partial charge in [0.2, 0.25) is 0 Å². The molecule has 0 aliphatic heterocycles. The second-order valence-electron chi connectivity index (χ2n) is 4.91. The number of rotatable bonds is 6. The van der Waals surface area contributed by atoms with Crippen molar-refractivity contribution in [3.8, 4) is 5.75 Å². The van der Waals surface area contributed by atoms with Gasteiger partial charge in [0.05, 0.1) is 7.11 Å². The minimum atomic E-state index is 0.358. The van der Waals surface area contributed by atoms with E-state index in [9.17, 15) is 0 Å². The molecule has 1 unspecified atom stereocenters. The van der Waals surface area contributed by atoms with Crippen molar-refractivity contribution in [2.45, 2.75) is 38.1 Å². The van der Waals surface area contributed by atoms with Gasteiger partial charge in [-0.25, -0.2) is 0 Å². The number of benzene rings is 1. The minimum Gasteiger partial charge on any atom is -0.496 e. The number of nitrogens with two attached hydrogens (primary N) is 1. The SMILES string of the molecule is COc1ccccc1CC(CC1CCC1)NN. The van der Waals surface area contributed by atoms with Gasteiger partial charge in [0.1, 0.15) is 5.75 Å². The molecule has 0 bridgehead atoms. The van der Waals surface area contributed by atoms with E-state index in [-0.39, 0.29) is 0 Å². The first-order valence-corrected chi connectivity index (χ1v) is 6.41. The number of hydrazine groups is 1. The first kappa shape index (κ1) is 12.4. The lowest BCUT2D eigenvalue weighted by Crippen LogP contribution is -2.39. The Morgan fingerprint density at radius 1 is 1.41 bits per heavy atom. The van der Waals surface area contributed by atoms with Gasteiger partial charge in [-0.3, -0.25) is 11.3 Å². The van der Waals surface area contributed by atoms with Crippen molar-refractivity contribution >= 4 is 0 Å². The van der Waals surface area contributed by atoms with Crippen molar-refractivity contribution in [3.63, 3.8) is 0 Å². The van der Waals surface area contributed by atoms with Crippen molar-refractivity contribution in [2.24, 2.45) is 11.8 Å². The van der Waals surface area contributed by atoms with Crippen molar-refractivity contribution in [3.05, 3.63) is 29.8 Å². The summed E-state index contributed by atoms with van der Waals surface area (Å²) in [7, 11) is 1.72. The fourth-order valence-electron chi connectivity index (χ4n) is 2.48. The van der Waals surface area contributed by atoms with Crippen LogP contribution in [-0.4, -0.2) is 13.2 Å². The minimum absolute atomic E-state index is 0.358. The smallest absolute Gasteiger partial charge is 0.122 e. The van der Waals surface area contributed by atoms with Gasteiger partial charge in [0.25, 0.3) is 0 Å². The molecule has 3 heteroatoms. The van der Waals surface area contributed by atoms with E-state index in [4.69, 9.17) is 10.6 Å². The Morgan fingerprint density at radius 3 is 2.76 bits per heavy atom. The zero-order chi connectivity index (χ0) is 12.1. The van der Waals surface area contributed by atoms with E-state index in [1.54, 1.807) is 7.11 Å². The average molecular weight is 234 g/mol. The van der Waals surface area contributed by atoms with E-state index in [1.807, 2.05) is 12.1 Å². The van der Waals surface area contributed by atoms with Gasteiger partial charge in [-0.15, -0.1) is 0 Å². The molecule has 94 valence electrons. The topological polar surface area (TPSA) is 47.3 Å². The molecule has 1 aromatic rings. The molecule has 1 aliphatic rings. The van der Waals surface area contributed by atoms with Crippen LogP contribution in [-0.2, 0) is 6.42 Å². The Labute approximate surface area is 103 Å². The lowest BCUT2D eigenvalue weighted by atomic mass is 9.80. The molecule has 0 heterocycles. The molecule has 0 amide bonds. The largest absolute Gasteiger partial charge is 0.496 e. The molecule has 1 aliphatic carbocycles. The molecule has 2 rings (SSSR count). The number of methoxy groups -OCH3 is 1. The van der Waals surface area contributed by atoms with Crippen LogP contribution in [0.5, 0.6) is 5.75 Å². The first-order valence-electron chi connectivity index (χ1n) is 6.41. The maximum Gasteiger partial charge on any atom is 0.122 e. The van der Waals surface area contributed by atoms with Crippen LogP contribution >= 0.6 is 0 Å². The van der Waals surface area contributed by atoms with Gasteiger partial charge >= 0.3 is 0 Å². The summed E-state index contributed by atoms with van der Waals surface area (Å²) in [5, 5.41) is 0. The van der Waals surface area contributed by atoms with Gasteiger partial charge in [0.15, 0.2) is 0 Å². The summed E-state index contributed by atoms with van der Waals surface area (Å²) in [5.74, 6) is 7.47. The standard InChI is InChI=1S/C14H22N2O/c1-17-14-8-3-2-7-12(14)10-13(16-15)9-11-5-4-6-11/h2-3,7-8,11,13,16H,4-6,9-10,15H2,1H3. The predicted octanol–water partition coefficient (Wildman–Crippen LogP) is 2.26. The third-order valence-electron chi connectivity index (χ3n) is 3.74. The number of ether oxygens (including phenoxy) is 1. The van der Waals surface area contributed by atoms with E-state index >= 15 is 0 Å². The van der Waals surface area contributed by atoms with E-state index < -0.39 is 0 Å². The molecular weight excluding hydrogens is 212 g/mol. The van der Waals surface area contributed by atoms with E-state index in [1.165, 1.54) is 31.2 Å². The van der Waals surface area contributed by atoms with Gasteiger partial charge in [-0.1, -0.05) is 37.5 Å². The molecule has 1 saturated carbocycles. The van der Waals surface area contributed by atoms with Crippen LogP contribution in [0.2, 0.25) is 0 Å². The molecule has 1 atom stereocenters. The summed E-state index contributed by atoms with van der Waals surface area (Å²) >= 11 is 0. The second-order valence-corrected chi connectivity index (χ2v) is 4.91. The summed E-state index contributed by atoms with van der Waals surface area (Å²) in [6, 6.07) is 8.53. The third-order valence-corrected chi connectivity index (χ3v) is 3.74. The summed E-state index contributed by atoms with van der Waals surface area (Å²) in [4.78, 5) is 0. The molecule has 0 saturated heterocycles. The Kier molecular flexibility index (Phi) is 4.40. The molecule has 0 radical (unpaired) electrons. The van der Waals surface area contributed by atoms with Crippen molar-refractivity contribution in [1.29, 1.82) is 0 Å². The summed E-state index contributed by atoms with van der Waals surface area (Å²) in [6.07, 6.45) is 6.23. The highest BCUT2D eigenvalue weighted by Crippen LogP contribution is 2.31. The molecule has 1 fully saturated rings. The highest BCUT2D eigenvalue weighted by Gasteiger charge is 2.22. The molecular formula is C14H22N2O. The van der Waals surface area contributed by atoms with Crippen LogP contribution in [0.3, 0.4) is 0 Å². The molecule has 0 aromatic heterocycles. The number of hydrogen-bond donors (Lipinski definition) is 2. The van der Waals surface area contributed by atoms with Crippen LogP contribution < -0.4 is 16.0 Å². The number of nitrogens with one attached hydrogen (secondary N) is 1.